The Labute approximate surface area is 64.3 Å². The molecule has 0 aliphatic heterocycles. The third kappa shape index (κ3) is 1.35. The molecule has 1 rings (SSSR count). The molecule has 0 N–H and O–H groups in total. The summed E-state index contributed by atoms with van der Waals surface area (Å²) in [7, 11) is 0. The molecule has 0 aliphatic rings. The average Bonchev–Trinajstić information content (AvgIpc) is 2.05. The summed E-state index contributed by atoms with van der Waals surface area (Å²) in [5.74, 6) is -0.488. The fraction of sp³-hybridized carbons (Fsp3) is 0.250. The summed E-state index contributed by atoms with van der Waals surface area (Å²) in [6.45, 7) is 1.83. The molecule has 0 saturated carbocycles. The zero-order valence-electron chi connectivity index (χ0n) is 6.13. The predicted molar refractivity (Wildman–Crippen MR) is 38.3 cm³/mol. The van der Waals surface area contributed by atoms with Crippen molar-refractivity contribution >= 4 is 0 Å². The number of hydrogen-bond acceptors (Lipinski definition) is 2. The van der Waals surface area contributed by atoms with Crippen LogP contribution in [0.1, 0.15) is 18.2 Å². The van der Waals surface area contributed by atoms with Gasteiger partial charge in [-0.25, -0.2) is 9.37 Å². The van der Waals surface area contributed by atoms with Crippen LogP contribution in [0.4, 0.5) is 4.39 Å². The van der Waals surface area contributed by atoms with E-state index in [0.29, 0.717) is 12.0 Å². The SMILES string of the molecule is CCc1ccnc(C#N)c1F. The minimum absolute atomic E-state index is 0.121. The Morgan fingerprint density at radius 1 is 1.73 bits per heavy atom. The molecule has 3 heteroatoms. The molecule has 0 radical (unpaired) electrons. The summed E-state index contributed by atoms with van der Waals surface area (Å²) in [4.78, 5) is 3.57. The van der Waals surface area contributed by atoms with E-state index in [0.717, 1.165) is 0 Å². The van der Waals surface area contributed by atoms with Gasteiger partial charge in [-0.3, -0.25) is 0 Å². The standard InChI is InChI=1S/C8H7FN2/c1-2-6-3-4-11-7(5-10)8(6)9/h3-4H,2H2,1H3. The van der Waals surface area contributed by atoms with Crippen LogP contribution in [0.5, 0.6) is 0 Å². The van der Waals surface area contributed by atoms with Gasteiger partial charge in [-0.05, 0) is 18.1 Å². The largest absolute Gasteiger partial charge is 0.243 e. The van der Waals surface area contributed by atoms with E-state index in [1.165, 1.54) is 6.20 Å². The molecule has 0 bridgehead atoms. The van der Waals surface area contributed by atoms with E-state index in [1.807, 2.05) is 6.92 Å². The van der Waals surface area contributed by atoms with E-state index in [2.05, 4.69) is 4.98 Å². The first-order chi connectivity index (χ1) is 5.29. The number of pyridine rings is 1. The number of hydrogen-bond donors (Lipinski definition) is 0. The molecule has 0 atom stereocenters. The average molecular weight is 150 g/mol. The normalized spacial score (nSPS) is 9.18. The van der Waals surface area contributed by atoms with Crippen molar-refractivity contribution in [1.29, 1.82) is 5.26 Å². The Kier molecular flexibility index (Phi) is 2.17. The van der Waals surface area contributed by atoms with Crippen LogP contribution in [0.25, 0.3) is 0 Å². The second-order valence-corrected chi connectivity index (χ2v) is 2.10. The van der Waals surface area contributed by atoms with Gasteiger partial charge in [0.2, 0.25) is 0 Å². The van der Waals surface area contributed by atoms with Crippen molar-refractivity contribution in [2.45, 2.75) is 13.3 Å². The van der Waals surface area contributed by atoms with Gasteiger partial charge in [-0.15, -0.1) is 0 Å². The van der Waals surface area contributed by atoms with E-state index >= 15 is 0 Å². The molecule has 0 unspecified atom stereocenters. The molecular weight excluding hydrogens is 143 g/mol. The zero-order chi connectivity index (χ0) is 8.27. The van der Waals surface area contributed by atoms with E-state index in [9.17, 15) is 4.39 Å². The number of nitrogens with zero attached hydrogens (tertiary/aromatic N) is 2. The first-order valence-electron chi connectivity index (χ1n) is 3.33. The molecule has 0 aromatic carbocycles. The summed E-state index contributed by atoms with van der Waals surface area (Å²) in [6, 6.07) is 3.26. The fourth-order valence-electron chi connectivity index (χ4n) is 0.835. The molecule has 0 fully saturated rings. The molecule has 1 aromatic rings. The number of rotatable bonds is 1. The van der Waals surface area contributed by atoms with E-state index < -0.39 is 5.82 Å². The Hall–Kier alpha value is -1.43. The third-order valence-corrected chi connectivity index (χ3v) is 1.46. The van der Waals surface area contributed by atoms with Crippen LogP contribution in [-0.2, 0) is 6.42 Å². The molecular formula is C8H7FN2. The lowest BCUT2D eigenvalue weighted by atomic mass is 10.2. The Bertz CT molecular complexity index is 301. The first-order valence-corrected chi connectivity index (χ1v) is 3.33. The van der Waals surface area contributed by atoms with Gasteiger partial charge in [0.1, 0.15) is 6.07 Å². The summed E-state index contributed by atoms with van der Waals surface area (Å²) in [5, 5.41) is 8.39. The molecule has 0 amide bonds. The molecule has 0 saturated heterocycles. The monoisotopic (exact) mass is 150 g/mol. The van der Waals surface area contributed by atoms with Crippen molar-refractivity contribution in [3.05, 3.63) is 29.3 Å². The fourth-order valence-corrected chi connectivity index (χ4v) is 0.835. The summed E-state index contributed by atoms with van der Waals surface area (Å²) < 4.78 is 13.0. The smallest absolute Gasteiger partial charge is 0.176 e. The van der Waals surface area contributed by atoms with Crippen LogP contribution in [0, 0.1) is 17.1 Å². The van der Waals surface area contributed by atoms with Crippen molar-refractivity contribution in [2.24, 2.45) is 0 Å². The van der Waals surface area contributed by atoms with Gasteiger partial charge in [-0.1, -0.05) is 6.92 Å². The Morgan fingerprint density at radius 2 is 2.45 bits per heavy atom. The maximum absolute atomic E-state index is 13.0. The topological polar surface area (TPSA) is 36.7 Å². The maximum Gasteiger partial charge on any atom is 0.176 e. The number of aromatic nitrogens is 1. The van der Waals surface area contributed by atoms with Crippen LogP contribution >= 0.6 is 0 Å². The highest BCUT2D eigenvalue weighted by atomic mass is 19.1. The predicted octanol–water partition coefficient (Wildman–Crippen LogP) is 1.65. The summed E-state index contributed by atoms with van der Waals surface area (Å²) in [5.41, 5.74) is 0.418. The van der Waals surface area contributed by atoms with Crippen LogP contribution < -0.4 is 0 Å². The quantitative estimate of drug-likeness (QED) is 0.610. The molecule has 0 aliphatic carbocycles. The van der Waals surface area contributed by atoms with Gasteiger partial charge >= 0.3 is 0 Å². The van der Waals surface area contributed by atoms with E-state index in [-0.39, 0.29) is 5.69 Å². The first kappa shape index (κ1) is 7.67. The van der Waals surface area contributed by atoms with Crippen molar-refractivity contribution in [1.82, 2.24) is 4.98 Å². The molecule has 11 heavy (non-hydrogen) atoms. The zero-order valence-corrected chi connectivity index (χ0v) is 6.13. The number of aryl methyl sites for hydroxylation is 1. The van der Waals surface area contributed by atoms with Crippen LogP contribution in [0.3, 0.4) is 0 Å². The molecule has 1 heterocycles. The minimum atomic E-state index is -0.488. The highest BCUT2D eigenvalue weighted by Gasteiger charge is 2.05. The van der Waals surface area contributed by atoms with Gasteiger partial charge in [0.05, 0.1) is 0 Å². The van der Waals surface area contributed by atoms with E-state index in [4.69, 9.17) is 5.26 Å². The lowest BCUT2D eigenvalue weighted by Crippen LogP contribution is -1.94. The maximum atomic E-state index is 13.0. The van der Waals surface area contributed by atoms with Gasteiger partial charge in [0, 0.05) is 6.20 Å². The Balaban J connectivity index is 3.23. The molecule has 1 aromatic heterocycles. The van der Waals surface area contributed by atoms with E-state index in [1.54, 1.807) is 12.1 Å². The molecule has 56 valence electrons. The van der Waals surface area contributed by atoms with Crippen LogP contribution in [0.15, 0.2) is 12.3 Å². The summed E-state index contributed by atoms with van der Waals surface area (Å²) >= 11 is 0. The molecule has 0 spiro atoms. The highest BCUT2D eigenvalue weighted by molar-refractivity contribution is 5.27. The minimum Gasteiger partial charge on any atom is -0.243 e. The van der Waals surface area contributed by atoms with Crippen LogP contribution in [-0.4, -0.2) is 4.98 Å². The van der Waals surface area contributed by atoms with Gasteiger partial charge in [0.15, 0.2) is 11.5 Å². The Morgan fingerprint density at radius 3 is 3.00 bits per heavy atom. The third-order valence-electron chi connectivity index (χ3n) is 1.46. The second-order valence-electron chi connectivity index (χ2n) is 2.10. The lowest BCUT2D eigenvalue weighted by Gasteiger charge is -1.97. The van der Waals surface area contributed by atoms with Crippen molar-refractivity contribution in [3.8, 4) is 6.07 Å². The van der Waals surface area contributed by atoms with Gasteiger partial charge < -0.3 is 0 Å². The van der Waals surface area contributed by atoms with Gasteiger partial charge in [-0.2, -0.15) is 5.26 Å². The molecule has 2 nitrogen and oxygen atoms in total. The lowest BCUT2D eigenvalue weighted by molar-refractivity contribution is 0.601. The van der Waals surface area contributed by atoms with Crippen molar-refractivity contribution < 1.29 is 4.39 Å². The second kappa shape index (κ2) is 3.11. The summed E-state index contributed by atoms with van der Waals surface area (Å²) in [6.07, 6.45) is 2.03. The van der Waals surface area contributed by atoms with Crippen molar-refractivity contribution in [3.63, 3.8) is 0 Å². The van der Waals surface area contributed by atoms with Gasteiger partial charge in [0.25, 0.3) is 0 Å². The number of halogens is 1. The van der Waals surface area contributed by atoms with Crippen molar-refractivity contribution in [2.75, 3.05) is 0 Å². The van der Waals surface area contributed by atoms with Crippen LogP contribution in [0.2, 0.25) is 0 Å². The number of nitriles is 1. The highest BCUT2D eigenvalue weighted by Crippen LogP contribution is 2.09.